The first kappa shape index (κ1) is 13.5. The van der Waals surface area contributed by atoms with E-state index in [4.69, 9.17) is 4.74 Å². The van der Waals surface area contributed by atoms with Gasteiger partial charge in [-0.2, -0.15) is 0 Å². The Morgan fingerprint density at radius 3 is 2.83 bits per heavy atom. The number of nitrogens with one attached hydrogen (secondary N) is 1. The highest BCUT2D eigenvalue weighted by Gasteiger charge is 2.08. The Balaban J connectivity index is 1.66. The third-order valence-electron chi connectivity index (χ3n) is 3.27. The Morgan fingerprint density at radius 2 is 2.11 bits per heavy atom. The van der Waals surface area contributed by atoms with Gasteiger partial charge in [-0.1, -0.05) is 12.1 Å². The molecule has 4 heteroatoms. The number of rotatable bonds is 5. The number of hydrogen-bond donors (Lipinski definition) is 1. The SMILES string of the molecule is Cc1ccc(CNCCN2CCOCC2)cc1F. The van der Waals surface area contributed by atoms with Crippen LogP contribution in [0.3, 0.4) is 0 Å². The summed E-state index contributed by atoms with van der Waals surface area (Å²) in [7, 11) is 0. The minimum Gasteiger partial charge on any atom is -0.379 e. The molecule has 1 aliphatic rings. The Labute approximate surface area is 108 Å². The van der Waals surface area contributed by atoms with Gasteiger partial charge in [-0.05, 0) is 24.1 Å². The molecule has 1 saturated heterocycles. The molecule has 1 fully saturated rings. The summed E-state index contributed by atoms with van der Waals surface area (Å²) in [6, 6.07) is 5.41. The summed E-state index contributed by atoms with van der Waals surface area (Å²) >= 11 is 0. The summed E-state index contributed by atoms with van der Waals surface area (Å²) in [5.41, 5.74) is 1.70. The molecule has 0 bridgehead atoms. The predicted molar refractivity (Wildman–Crippen MR) is 70.1 cm³/mol. The smallest absolute Gasteiger partial charge is 0.126 e. The molecule has 1 aliphatic heterocycles. The van der Waals surface area contributed by atoms with E-state index in [9.17, 15) is 4.39 Å². The van der Waals surface area contributed by atoms with Gasteiger partial charge in [0, 0.05) is 32.7 Å². The number of benzene rings is 1. The lowest BCUT2D eigenvalue weighted by molar-refractivity contribution is 0.0384. The van der Waals surface area contributed by atoms with Gasteiger partial charge in [-0.3, -0.25) is 4.90 Å². The number of halogens is 1. The standard InChI is InChI=1S/C14H21FN2O/c1-12-2-3-13(10-14(12)15)11-16-4-5-17-6-8-18-9-7-17/h2-3,10,16H,4-9,11H2,1H3. The van der Waals surface area contributed by atoms with Crippen LogP contribution in [0, 0.1) is 12.7 Å². The zero-order chi connectivity index (χ0) is 12.8. The van der Waals surface area contributed by atoms with E-state index in [1.54, 1.807) is 13.0 Å². The van der Waals surface area contributed by atoms with E-state index in [-0.39, 0.29) is 5.82 Å². The summed E-state index contributed by atoms with van der Waals surface area (Å²) in [4.78, 5) is 2.38. The average molecular weight is 252 g/mol. The molecule has 1 aromatic rings. The van der Waals surface area contributed by atoms with Crippen LogP contribution < -0.4 is 5.32 Å². The minimum atomic E-state index is -0.123. The first-order valence-corrected chi connectivity index (χ1v) is 6.51. The van der Waals surface area contributed by atoms with Crippen molar-refractivity contribution in [2.45, 2.75) is 13.5 Å². The molecule has 18 heavy (non-hydrogen) atoms. The minimum absolute atomic E-state index is 0.123. The molecule has 0 aromatic heterocycles. The van der Waals surface area contributed by atoms with Gasteiger partial charge in [-0.25, -0.2) is 4.39 Å². The number of ether oxygens (including phenoxy) is 1. The molecule has 0 aliphatic carbocycles. The van der Waals surface area contributed by atoms with E-state index in [1.165, 1.54) is 0 Å². The summed E-state index contributed by atoms with van der Waals surface area (Å²) < 4.78 is 18.6. The number of nitrogens with zero attached hydrogens (tertiary/aromatic N) is 1. The van der Waals surface area contributed by atoms with Crippen molar-refractivity contribution in [3.05, 3.63) is 35.1 Å². The molecule has 0 amide bonds. The van der Waals surface area contributed by atoms with Crippen molar-refractivity contribution in [2.75, 3.05) is 39.4 Å². The lowest BCUT2D eigenvalue weighted by Gasteiger charge is -2.26. The number of aryl methyl sites for hydroxylation is 1. The van der Waals surface area contributed by atoms with Gasteiger partial charge in [-0.15, -0.1) is 0 Å². The molecule has 1 N–H and O–H groups in total. The second-order valence-electron chi connectivity index (χ2n) is 4.71. The van der Waals surface area contributed by atoms with Crippen molar-refractivity contribution in [1.29, 1.82) is 0 Å². The summed E-state index contributed by atoms with van der Waals surface area (Å²) in [5, 5.41) is 3.35. The van der Waals surface area contributed by atoms with E-state index in [1.807, 2.05) is 12.1 Å². The van der Waals surface area contributed by atoms with E-state index in [2.05, 4.69) is 10.2 Å². The highest BCUT2D eigenvalue weighted by molar-refractivity contribution is 5.23. The summed E-state index contributed by atoms with van der Waals surface area (Å²) in [6.45, 7) is 8.16. The Morgan fingerprint density at radius 1 is 1.33 bits per heavy atom. The fraction of sp³-hybridized carbons (Fsp3) is 0.571. The number of hydrogen-bond acceptors (Lipinski definition) is 3. The quantitative estimate of drug-likeness (QED) is 0.805. The van der Waals surface area contributed by atoms with Gasteiger partial charge in [0.2, 0.25) is 0 Å². The van der Waals surface area contributed by atoms with Crippen LogP contribution in [0.4, 0.5) is 4.39 Å². The summed E-state index contributed by atoms with van der Waals surface area (Å²) in [5.74, 6) is -0.123. The van der Waals surface area contributed by atoms with Crippen LogP contribution in [0.2, 0.25) is 0 Å². The van der Waals surface area contributed by atoms with Crippen LogP contribution in [-0.4, -0.2) is 44.3 Å². The van der Waals surface area contributed by atoms with Gasteiger partial charge in [0.25, 0.3) is 0 Å². The molecular formula is C14H21FN2O. The van der Waals surface area contributed by atoms with Gasteiger partial charge < -0.3 is 10.1 Å². The van der Waals surface area contributed by atoms with Gasteiger partial charge in [0.15, 0.2) is 0 Å². The van der Waals surface area contributed by atoms with Crippen molar-refractivity contribution in [3.8, 4) is 0 Å². The molecule has 0 saturated carbocycles. The third kappa shape index (κ3) is 4.05. The number of morpholine rings is 1. The van der Waals surface area contributed by atoms with Crippen molar-refractivity contribution in [3.63, 3.8) is 0 Å². The van der Waals surface area contributed by atoms with Crippen LogP contribution in [0.15, 0.2) is 18.2 Å². The van der Waals surface area contributed by atoms with Gasteiger partial charge in [0.1, 0.15) is 5.82 Å². The second kappa shape index (κ2) is 6.83. The zero-order valence-corrected chi connectivity index (χ0v) is 10.9. The van der Waals surface area contributed by atoms with Crippen molar-refractivity contribution >= 4 is 0 Å². The van der Waals surface area contributed by atoms with Crippen LogP contribution >= 0.6 is 0 Å². The van der Waals surface area contributed by atoms with Crippen molar-refractivity contribution in [2.24, 2.45) is 0 Å². The third-order valence-corrected chi connectivity index (χ3v) is 3.27. The topological polar surface area (TPSA) is 24.5 Å². The highest BCUT2D eigenvalue weighted by Crippen LogP contribution is 2.08. The second-order valence-corrected chi connectivity index (χ2v) is 4.71. The average Bonchev–Trinajstić information content (AvgIpc) is 2.40. The maximum absolute atomic E-state index is 13.3. The predicted octanol–water partition coefficient (Wildman–Crippen LogP) is 1.56. The molecule has 0 spiro atoms. The van der Waals surface area contributed by atoms with E-state index >= 15 is 0 Å². The lowest BCUT2D eigenvalue weighted by Crippen LogP contribution is -2.40. The molecule has 0 atom stereocenters. The molecular weight excluding hydrogens is 231 g/mol. The van der Waals surface area contributed by atoms with Crippen LogP contribution in [-0.2, 0) is 11.3 Å². The maximum Gasteiger partial charge on any atom is 0.126 e. The normalized spacial score (nSPS) is 17.0. The Hall–Kier alpha value is -0.970. The monoisotopic (exact) mass is 252 g/mol. The molecule has 3 nitrogen and oxygen atoms in total. The molecule has 0 radical (unpaired) electrons. The molecule has 2 rings (SSSR count). The van der Waals surface area contributed by atoms with Gasteiger partial charge >= 0.3 is 0 Å². The van der Waals surface area contributed by atoms with E-state index in [0.29, 0.717) is 5.56 Å². The van der Waals surface area contributed by atoms with E-state index in [0.717, 1.165) is 51.5 Å². The van der Waals surface area contributed by atoms with Crippen LogP contribution in [0.5, 0.6) is 0 Å². The van der Waals surface area contributed by atoms with Crippen LogP contribution in [0.1, 0.15) is 11.1 Å². The Bertz CT molecular complexity index is 378. The lowest BCUT2D eigenvalue weighted by atomic mass is 10.1. The zero-order valence-electron chi connectivity index (χ0n) is 10.9. The maximum atomic E-state index is 13.3. The van der Waals surface area contributed by atoms with Crippen molar-refractivity contribution in [1.82, 2.24) is 10.2 Å². The summed E-state index contributed by atoms with van der Waals surface area (Å²) in [6.07, 6.45) is 0. The molecule has 0 unspecified atom stereocenters. The Kier molecular flexibility index (Phi) is 5.11. The fourth-order valence-electron chi connectivity index (χ4n) is 2.04. The fourth-order valence-corrected chi connectivity index (χ4v) is 2.04. The van der Waals surface area contributed by atoms with E-state index < -0.39 is 0 Å². The first-order valence-electron chi connectivity index (χ1n) is 6.51. The largest absolute Gasteiger partial charge is 0.379 e. The van der Waals surface area contributed by atoms with Crippen molar-refractivity contribution < 1.29 is 9.13 Å². The van der Waals surface area contributed by atoms with Crippen LogP contribution in [0.25, 0.3) is 0 Å². The van der Waals surface area contributed by atoms with Gasteiger partial charge in [0.05, 0.1) is 13.2 Å². The molecule has 1 heterocycles. The first-order chi connectivity index (χ1) is 8.75. The molecule has 100 valence electrons. The molecule has 1 aromatic carbocycles. The highest BCUT2D eigenvalue weighted by atomic mass is 19.1.